The van der Waals surface area contributed by atoms with Crippen molar-refractivity contribution in [1.29, 1.82) is 0 Å². The molecule has 0 radical (unpaired) electrons. The number of nitrogens with zero attached hydrogens (tertiary/aromatic N) is 1. The minimum absolute atomic E-state index is 0.182. The Balaban J connectivity index is 2.09. The minimum Gasteiger partial charge on any atom is -0.467 e. The second-order valence-corrected chi connectivity index (χ2v) is 5.31. The normalized spacial score (nSPS) is 20.5. The van der Waals surface area contributed by atoms with Gasteiger partial charge in [-0.25, -0.2) is 9.59 Å². The number of hydrogen-bond donors (Lipinski definition) is 0. The zero-order valence-corrected chi connectivity index (χ0v) is 12.8. The van der Waals surface area contributed by atoms with Gasteiger partial charge in [-0.15, -0.1) is 6.58 Å². The summed E-state index contributed by atoms with van der Waals surface area (Å²) in [6.07, 6.45) is 2.81. The predicted molar refractivity (Wildman–Crippen MR) is 82.1 cm³/mol. The number of carbonyl (C=O) groups excluding carboxylic acids is 2. The summed E-state index contributed by atoms with van der Waals surface area (Å²) < 4.78 is 10.3. The molecule has 1 heterocycles. The summed E-state index contributed by atoms with van der Waals surface area (Å²) in [7, 11) is 1.33. The van der Waals surface area contributed by atoms with Crippen LogP contribution in [-0.2, 0) is 20.9 Å². The Kier molecular flexibility index (Phi) is 5.20. The van der Waals surface area contributed by atoms with E-state index in [0.29, 0.717) is 19.4 Å². The third-order valence-electron chi connectivity index (χ3n) is 3.96. The molecule has 0 aromatic heterocycles. The first-order valence-corrected chi connectivity index (χ1v) is 7.31. The molecule has 5 heteroatoms. The quantitative estimate of drug-likeness (QED) is 0.620. The van der Waals surface area contributed by atoms with Crippen LogP contribution >= 0.6 is 0 Å². The lowest BCUT2D eigenvalue weighted by atomic mass is 9.92. The highest BCUT2D eigenvalue weighted by Crippen LogP contribution is 2.34. The van der Waals surface area contributed by atoms with Gasteiger partial charge in [0.25, 0.3) is 0 Å². The van der Waals surface area contributed by atoms with Gasteiger partial charge in [-0.3, -0.25) is 4.90 Å². The molecule has 1 fully saturated rings. The molecular formula is C17H21NO4. The first-order valence-electron chi connectivity index (χ1n) is 7.31. The van der Waals surface area contributed by atoms with Crippen molar-refractivity contribution in [2.45, 2.75) is 31.4 Å². The zero-order valence-electron chi connectivity index (χ0n) is 12.8. The highest BCUT2D eigenvalue weighted by molar-refractivity contribution is 5.86. The summed E-state index contributed by atoms with van der Waals surface area (Å²) in [5.74, 6) is -0.415. The van der Waals surface area contributed by atoms with Gasteiger partial charge in [0.2, 0.25) is 0 Å². The summed E-state index contributed by atoms with van der Waals surface area (Å²) in [5.41, 5.74) is -0.0768. The van der Waals surface area contributed by atoms with Crippen LogP contribution < -0.4 is 0 Å². The van der Waals surface area contributed by atoms with Gasteiger partial charge >= 0.3 is 12.1 Å². The molecule has 1 amide bonds. The van der Waals surface area contributed by atoms with E-state index in [9.17, 15) is 9.59 Å². The van der Waals surface area contributed by atoms with Crippen LogP contribution in [0.4, 0.5) is 4.79 Å². The number of esters is 1. The van der Waals surface area contributed by atoms with Gasteiger partial charge in [-0.05, 0) is 24.8 Å². The lowest BCUT2D eigenvalue weighted by Crippen LogP contribution is -2.53. The minimum atomic E-state index is -0.982. The molecule has 1 saturated heterocycles. The molecule has 1 aliphatic rings. The van der Waals surface area contributed by atoms with E-state index in [0.717, 1.165) is 12.0 Å². The number of rotatable bonds is 5. The maximum Gasteiger partial charge on any atom is 0.411 e. The van der Waals surface area contributed by atoms with Crippen LogP contribution in [-0.4, -0.2) is 36.2 Å². The van der Waals surface area contributed by atoms with Gasteiger partial charge in [-0.2, -0.15) is 0 Å². The van der Waals surface area contributed by atoms with E-state index in [1.54, 1.807) is 6.08 Å². The highest BCUT2D eigenvalue weighted by Gasteiger charge is 2.50. The van der Waals surface area contributed by atoms with Crippen LogP contribution in [0.2, 0.25) is 0 Å². The van der Waals surface area contributed by atoms with Gasteiger partial charge < -0.3 is 9.47 Å². The Morgan fingerprint density at radius 3 is 2.73 bits per heavy atom. The summed E-state index contributed by atoms with van der Waals surface area (Å²) in [6.45, 7) is 4.35. The Bertz CT molecular complexity index is 543. The average Bonchev–Trinajstić information content (AvgIpc) is 2.98. The maximum absolute atomic E-state index is 12.4. The molecule has 0 unspecified atom stereocenters. The first kappa shape index (κ1) is 16.1. The Morgan fingerprint density at radius 2 is 2.09 bits per heavy atom. The number of methoxy groups -OCH3 is 1. The van der Waals surface area contributed by atoms with Crippen molar-refractivity contribution in [2.24, 2.45) is 0 Å². The van der Waals surface area contributed by atoms with Crippen molar-refractivity contribution in [3.63, 3.8) is 0 Å². The molecule has 5 nitrogen and oxygen atoms in total. The Morgan fingerprint density at radius 1 is 1.36 bits per heavy atom. The molecule has 0 bridgehead atoms. The number of ether oxygens (including phenoxy) is 2. The van der Waals surface area contributed by atoms with E-state index in [4.69, 9.17) is 9.47 Å². The summed E-state index contributed by atoms with van der Waals surface area (Å²) in [5, 5.41) is 0. The zero-order chi connectivity index (χ0) is 16.0. The SMILES string of the molecule is C=CC[C@@]1(C(=O)OC)CCCN1C(=O)OCc1ccccc1. The number of benzene rings is 1. The monoisotopic (exact) mass is 303 g/mol. The second kappa shape index (κ2) is 7.11. The smallest absolute Gasteiger partial charge is 0.411 e. The highest BCUT2D eigenvalue weighted by atomic mass is 16.6. The van der Waals surface area contributed by atoms with Gasteiger partial charge in [0.1, 0.15) is 12.1 Å². The number of amides is 1. The van der Waals surface area contributed by atoms with Gasteiger partial charge in [0, 0.05) is 6.54 Å². The largest absolute Gasteiger partial charge is 0.467 e. The second-order valence-electron chi connectivity index (χ2n) is 5.31. The average molecular weight is 303 g/mol. The van der Waals surface area contributed by atoms with Crippen molar-refractivity contribution in [3.8, 4) is 0 Å². The molecule has 1 aromatic carbocycles. The van der Waals surface area contributed by atoms with E-state index in [1.807, 2.05) is 30.3 Å². The molecule has 1 aliphatic heterocycles. The number of carbonyl (C=O) groups is 2. The van der Waals surface area contributed by atoms with Crippen LogP contribution in [0.5, 0.6) is 0 Å². The fourth-order valence-electron chi connectivity index (χ4n) is 2.88. The third-order valence-corrected chi connectivity index (χ3v) is 3.96. The molecule has 0 spiro atoms. The summed E-state index contributed by atoms with van der Waals surface area (Å²) in [4.78, 5) is 26.1. The Labute approximate surface area is 130 Å². The van der Waals surface area contributed by atoms with Crippen molar-refractivity contribution >= 4 is 12.1 Å². The number of hydrogen-bond acceptors (Lipinski definition) is 4. The van der Waals surface area contributed by atoms with Crippen LogP contribution in [0.15, 0.2) is 43.0 Å². The molecule has 2 rings (SSSR count). The third kappa shape index (κ3) is 3.13. The van der Waals surface area contributed by atoms with E-state index in [1.165, 1.54) is 12.0 Å². The molecule has 1 atom stereocenters. The van der Waals surface area contributed by atoms with Crippen LogP contribution in [0.3, 0.4) is 0 Å². The summed E-state index contributed by atoms with van der Waals surface area (Å²) in [6, 6.07) is 9.44. The van der Waals surface area contributed by atoms with Crippen molar-refractivity contribution < 1.29 is 19.1 Å². The fourth-order valence-corrected chi connectivity index (χ4v) is 2.88. The van der Waals surface area contributed by atoms with E-state index in [-0.39, 0.29) is 6.61 Å². The van der Waals surface area contributed by atoms with E-state index < -0.39 is 17.6 Å². The van der Waals surface area contributed by atoms with Crippen LogP contribution in [0.1, 0.15) is 24.8 Å². The topological polar surface area (TPSA) is 55.8 Å². The van der Waals surface area contributed by atoms with E-state index in [2.05, 4.69) is 6.58 Å². The molecule has 22 heavy (non-hydrogen) atoms. The molecule has 1 aromatic rings. The first-order chi connectivity index (χ1) is 10.6. The van der Waals surface area contributed by atoms with Crippen molar-refractivity contribution in [1.82, 2.24) is 4.90 Å². The maximum atomic E-state index is 12.4. The van der Waals surface area contributed by atoms with Gasteiger partial charge in [0.15, 0.2) is 0 Å². The predicted octanol–water partition coefficient (Wildman–Crippen LogP) is 2.91. The molecule has 0 aliphatic carbocycles. The molecular weight excluding hydrogens is 282 g/mol. The lowest BCUT2D eigenvalue weighted by molar-refractivity contribution is -0.152. The van der Waals surface area contributed by atoms with Crippen LogP contribution in [0, 0.1) is 0 Å². The summed E-state index contributed by atoms with van der Waals surface area (Å²) >= 11 is 0. The molecule has 0 saturated carbocycles. The van der Waals surface area contributed by atoms with Gasteiger partial charge in [-0.1, -0.05) is 36.4 Å². The Hall–Kier alpha value is -2.30. The van der Waals surface area contributed by atoms with Crippen LogP contribution in [0.25, 0.3) is 0 Å². The molecule has 118 valence electrons. The fraction of sp³-hybridized carbons (Fsp3) is 0.412. The number of likely N-dealkylation sites (tertiary alicyclic amines) is 1. The molecule has 0 N–H and O–H groups in total. The van der Waals surface area contributed by atoms with E-state index >= 15 is 0 Å². The van der Waals surface area contributed by atoms with Crippen molar-refractivity contribution in [2.75, 3.05) is 13.7 Å². The van der Waals surface area contributed by atoms with Gasteiger partial charge in [0.05, 0.1) is 7.11 Å². The lowest BCUT2D eigenvalue weighted by Gasteiger charge is -2.34. The standard InChI is InChI=1S/C17H21NO4/c1-3-10-17(15(19)21-2)11-7-12-18(17)16(20)22-13-14-8-5-4-6-9-14/h3-6,8-9H,1,7,10-13H2,2H3/t17-/m0/s1. The van der Waals surface area contributed by atoms with Crippen molar-refractivity contribution in [3.05, 3.63) is 48.6 Å².